The van der Waals surface area contributed by atoms with Gasteiger partial charge in [-0.3, -0.25) is 14.5 Å². The lowest BCUT2D eigenvalue weighted by Crippen LogP contribution is -2.42. The molecule has 8 nitrogen and oxygen atoms in total. The molecule has 1 aliphatic carbocycles. The molecule has 1 N–H and O–H groups in total. The zero-order valence-electron chi connectivity index (χ0n) is 16.6. The van der Waals surface area contributed by atoms with Crippen LogP contribution in [0.1, 0.15) is 36.7 Å². The van der Waals surface area contributed by atoms with Gasteiger partial charge in [0.25, 0.3) is 0 Å². The molecule has 2 aromatic rings. The molecular weight excluding hydrogens is 445 g/mol. The van der Waals surface area contributed by atoms with Gasteiger partial charge in [0, 0.05) is 29.8 Å². The zero-order valence-corrected chi connectivity index (χ0v) is 18.3. The number of hydrogen-bond acceptors (Lipinski definition) is 7. The Hall–Kier alpha value is -2.30. The Kier molecular flexibility index (Phi) is 7.45. The quantitative estimate of drug-likeness (QED) is 0.603. The van der Waals surface area contributed by atoms with Gasteiger partial charge in [0.15, 0.2) is 18.2 Å². The number of hydrogen-bond donors (Lipinski definition) is 2. The number of Topliss-reactive ketones (excluding diaryl/α,β-unsaturated/α-hetero) is 1. The third-order valence-electron chi connectivity index (χ3n) is 5.38. The monoisotopic (exact) mass is 467 g/mol. The van der Waals surface area contributed by atoms with E-state index in [0.717, 1.165) is 23.2 Å². The Balaban J connectivity index is 0.00000272. The van der Waals surface area contributed by atoms with Crippen LogP contribution in [0.5, 0.6) is 0 Å². The van der Waals surface area contributed by atoms with E-state index in [-0.39, 0.29) is 47.5 Å². The van der Waals surface area contributed by atoms with Crippen LogP contribution in [0, 0.1) is 11.7 Å². The fraction of sp³-hybridized carbons (Fsp3) is 0.450. The van der Waals surface area contributed by atoms with E-state index in [2.05, 4.69) is 28.0 Å². The molecule has 11 heteroatoms. The van der Waals surface area contributed by atoms with Crippen molar-refractivity contribution in [1.29, 1.82) is 0 Å². The number of ketones is 1. The van der Waals surface area contributed by atoms with Crippen molar-refractivity contribution in [2.45, 2.75) is 37.1 Å². The van der Waals surface area contributed by atoms with Crippen molar-refractivity contribution in [3.05, 3.63) is 47.0 Å². The van der Waals surface area contributed by atoms with Gasteiger partial charge < -0.3 is 5.11 Å². The second-order valence-electron chi connectivity index (χ2n) is 7.67. The van der Waals surface area contributed by atoms with Crippen molar-refractivity contribution < 1.29 is 19.1 Å². The number of halogens is 2. The summed E-state index contributed by atoms with van der Waals surface area (Å²) in [6, 6.07) is 5.79. The van der Waals surface area contributed by atoms with E-state index in [1.165, 1.54) is 6.07 Å². The van der Waals surface area contributed by atoms with Crippen molar-refractivity contribution in [3.63, 3.8) is 0 Å². The molecule has 2 aliphatic rings. The van der Waals surface area contributed by atoms with Gasteiger partial charge in [-0.1, -0.05) is 18.2 Å². The lowest BCUT2D eigenvalue weighted by Gasteiger charge is -2.37. The lowest BCUT2D eigenvalue weighted by molar-refractivity contribution is -0.138. The van der Waals surface area contributed by atoms with Gasteiger partial charge in [-0.2, -0.15) is 17.4 Å². The molecule has 166 valence electrons. The molecule has 0 bridgehead atoms. The van der Waals surface area contributed by atoms with Crippen LogP contribution in [-0.2, 0) is 16.1 Å². The summed E-state index contributed by atoms with van der Waals surface area (Å²) in [5, 5.41) is 20.4. The number of rotatable bonds is 7. The molecule has 0 spiro atoms. The highest BCUT2D eigenvalue weighted by Gasteiger charge is 2.40. The number of aromatic nitrogens is 4. The van der Waals surface area contributed by atoms with Crippen molar-refractivity contribution in [2.24, 2.45) is 5.92 Å². The Bertz CT molecular complexity index is 997. The van der Waals surface area contributed by atoms with Gasteiger partial charge in [-0.05, 0) is 42.2 Å². The Morgan fingerprint density at radius 2 is 2.03 bits per heavy atom. The minimum absolute atomic E-state index is 0. The number of benzene rings is 1. The number of aliphatic carboxylic acids is 1. The van der Waals surface area contributed by atoms with E-state index in [1.54, 1.807) is 24.3 Å². The minimum atomic E-state index is -1.06. The minimum Gasteiger partial charge on any atom is -0.480 e. The molecule has 31 heavy (non-hydrogen) atoms. The number of likely N-dealkylation sites (tertiary alicyclic amines) is 1. The maximum absolute atomic E-state index is 14.6. The number of carboxylic acids is 1. The molecular formula is C20H23ClFN5O3S. The second kappa shape index (κ2) is 9.88. The summed E-state index contributed by atoms with van der Waals surface area (Å²) in [7, 11) is 0. The molecule has 1 aromatic heterocycles. The van der Waals surface area contributed by atoms with Gasteiger partial charge in [-0.25, -0.2) is 4.39 Å². The molecule has 2 heterocycles. The number of piperidine rings is 1. The summed E-state index contributed by atoms with van der Waals surface area (Å²) in [6.45, 7) is 0.652. The zero-order chi connectivity index (χ0) is 21.3. The van der Waals surface area contributed by atoms with Gasteiger partial charge in [0.05, 0.1) is 6.04 Å². The average Bonchev–Trinajstić information content (AvgIpc) is 3.47. The van der Waals surface area contributed by atoms with E-state index in [1.807, 2.05) is 4.90 Å². The highest BCUT2D eigenvalue weighted by atomic mass is 35.5. The number of tetrazole rings is 1. The van der Waals surface area contributed by atoms with Crippen LogP contribution in [0.2, 0.25) is 0 Å². The van der Waals surface area contributed by atoms with Gasteiger partial charge in [0.2, 0.25) is 0 Å². The third kappa shape index (κ3) is 5.50. The van der Waals surface area contributed by atoms with Crippen molar-refractivity contribution >= 4 is 42.9 Å². The van der Waals surface area contributed by atoms with E-state index in [0.29, 0.717) is 25.1 Å². The lowest BCUT2D eigenvalue weighted by atomic mass is 9.93. The molecule has 1 saturated heterocycles. The molecule has 0 amide bonds. The maximum Gasteiger partial charge on any atom is 0.327 e. The number of carboxylic acid groups (broad SMARTS) is 1. The summed E-state index contributed by atoms with van der Waals surface area (Å²) in [6.07, 6.45) is 4.11. The first-order valence-corrected chi connectivity index (χ1v) is 10.3. The smallest absolute Gasteiger partial charge is 0.327 e. The van der Waals surface area contributed by atoms with E-state index in [4.69, 9.17) is 5.11 Å². The van der Waals surface area contributed by atoms with E-state index in [9.17, 15) is 14.0 Å². The predicted octanol–water partition coefficient (Wildman–Crippen LogP) is 2.43. The largest absolute Gasteiger partial charge is 0.480 e. The van der Waals surface area contributed by atoms with Gasteiger partial charge in [-0.15, -0.1) is 22.6 Å². The van der Waals surface area contributed by atoms with Gasteiger partial charge in [0.1, 0.15) is 5.82 Å². The number of carbonyl (C=O) groups excluding carboxylic acids is 1. The number of nitrogens with zero attached hydrogens (tertiary/aromatic N) is 5. The van der Waals surface area contributed by atoms with Crippen molar-refractivity contribution in [2.75, 3.05) is 13.1 Å². The molecule has 2 atom stereocenters. The van der Waals surface area contributed by atoms with Crippen LogP contribution in [0.4, 0.5) is 4.39 Å². The van der Waals surface area contributed by atoms with Crippen LogP contribution < -0.4 is 0 Å². The topological polar surface area (TPSA) is 101 Å². The van der Waals surface area contributed by atoms with Crippen LogP contribution in [0.15, 0.2) is 29.8 Å². The van der Waals surface area contributed by atoms with E-state index >= 15 is 0 Å². The fourth-order valence-corrected chi connectivity index (χ4v) is 4.01. The van der Waals surface area contributed by atoms with Crippen molar-refractivity contribution in [3.8, 4) is 0 Å². The van der Waals surface area contributed by atoms with Crippen LogP contribution in [-0.4, -0.2) is 60.3 Å². The molecule has 0 radical (unpaired) electrons. The third-order valence-corrected chi connectivity index (χ3v) is 5.97. The average molecular weight is 468 g/mol. The maximum atomic E-state index is 14.6. The van der Waals surface area contributed by atoms with E-state index < -0.39 is 12.0 Å². The standard InChI is InChI=1S/C20H22FN5O3S.ClH/c21-15-4-2-1-3-14(15)19(20(29)12-5-6-12)25-8-7-16(30)13(10-25)9-17-22-24-26(23-17)11-18(27)28;/h1-4,9,12,16,19,30H,5-8,10-11H2,(H,27,28);1H/b13-9-;. The number of carbonyl (C=O) groups is 2. The Morgan fingerprint density at radius 1 is 1.29 bits per heavy atom. The molecule has 1 saturated carbocycles. The van der Waals surface area contributed by atoms with Crippen LogP contribution >= 0.6 is 25.0 Å². The molecule has 4 rings (SSSR count). The summed E-state index contributed by atoms with van der Waals surface area (Å²) in [5.41, 5.74) is 1.28. The first-order chi connectivity index (χ1) is 14.4. The van der Waals surface area contributed by atoms with Crippen LogP contribution in [0.3, 0.4) is 0 Å². The van der Waals surface area contributed by atoms with Crippen molar-refractivity contribution in [1.82, 2.24) is 25.1 Å². The highest BCUT2D eigenvalue weighted by Crippen LogP contribution is 2.39. The SMILES string of the molecule is Cl.O=C(O)Cn1nnc(/C=C2/CN(C(C(=O)C3CC3)c3ccccc3F)CCC2S)n1. The number of thiol groups is 1. The second-order valence-corrected chi connectivity index (χ2v) is 8.29. The summed E-state index contributed by atoms with van der Waals surface area (Å²) in [5.74, 6) is -1.11. The summed E-state index contributed by atoms with van der Waals surface area (Å²) in [4.78, 5) is 26.9. The first-order valence-electron chi connectivity index (χ1n) is 9.82. The predicted molar refractivity (Wildman–Crippen MR) is 117 cm³/mol. The fourth-order valence-electron chi connectivity index (χ4n) is 3.74. The molecule has 1 aliphatic heterocycles. The normalized spacial score (nSPS) is 21.5. The van der Waals surface area contributed by atoms with Gasteiger partial charge >= 0.3 is 5.97 Å². The Labute approximate surface area is 190 Å². The molecule has 2 unspecified atom stereocenters. The summed E-state index contributed by atoms with van der Waals surface area (Å²) < 4.78 is 14.6. The van der Waals surface area contributed by atoms with Crippen LogP contribution in [0.25, 0.3) is 6.08 Å². The first kappa shape index (κ1) is 23.4. The summed E-state index contributed by atoms with van der Waals surface area (Å²) >= 11 is 4.64. The Morgan fingerprint density at radius 3 is 2.71 bits per heavy atom. The highest BCUT2D eigenvalue weighted by molar-refractivity contribution is 7.81. The molecule has 2 fully saturated rings. The molecule has 1 aromatic carbocycles.